The van der Waals surface area contributed by atoms with Gasteiger partial charge in [0.1, 0.15) is 6.23 Å². The Labute approximate surface area is 162 Å². The van der Waals surface area contributed by atoms with Crippen LogP contribution in [-0.4, -0.2) is 50.8 Å². The van der Waals surface area contributed by atoms with Crippen LogP contribution in [0.15, 0.2) is 36.4 Å². The van der Waals surface area contributed by atoms with Crippen molar-refractivity contribution < 1.29 is 33.6 Å². The number of carbonyl (C=O) groups is 2. The lowest BCUT2D eigenvalue weighted by Crippen LogP contribution is -2.34. The number of hydrogen-bond acceptors (Lipinski definition) is 7. The van der Waals surface area contributed by atoms with Gasteiger partial charge in [-0.1, -0.05) is 12.1 Å². The van der Waals surface area contributed by atoms with Gasteiger partial charge >= 0.3 is 5.97 Å². The number of ketones is 1. The molecular weight excluding hydrogens is 366 g/mol. The highest BCUT2D eigenvalue weighted by Gasteiger charge is 2.32. The third kappa shape index (κ3) is 3.78. The van der Waals surface area contributed by atoms with Gasteiger partial charge in [-0.15, -0.1) is 0 Å². The molecule has 2 atom stereocenters. The molecule has 0 bridgehead atoms. The zero-order chi connectivity index (χ0) is 20.3. The Bertz CT molecular complexity index is 854. The number of rotatable bonds is 7. The van der Waals surface area contributed by atoms with Gasteiger partial charge in [-0.3, -0.25) is 10.1 Å². The normalized spacial score (nSPS) is 18.5. The number of ether oxygens (including phenoxy) is 4. The van der Waals surface area contributed by atoms with Crippen LogP contribution in [0.5, 0.6) is 17.2 Å². The summed E-state index contributed by atoms with van der Waals surface area (Å²) in [6.45, 7) is 0.181. The molecule has 8 heteroatoms. The smallest absolute Gasteiger partial charge is 0.335 e. The van der Waals surface area contributed by atoms with Gasteiger partial charge in [-0.05, 0) is 29.8 Å². The van der Waals surface area contributed by atoms with Crippen molar-refractivity contribution in [2.45, 2.75) is 12.3 Å². The van der Waals surface area contributed by atoms with Crippen LogP contribution >= 0.6 is 0 Å². The fourth-order valence-corrected chi connectivity index (χ4v) is 3.04. The predicted molar refractivity (Wildman–Crippen MR) is 99.4 cm³/mol. The van der Waals surface area contributed by atoms with Crippen molar-refractivity contribution in [1.29, 1.82) is 0 Å². The van der Waals surface area contributed by atoms with Gasteiger partial charge in [0.15, 0.2) is 17.3 Å². The number of benzene rings is 2. The molecule has 0 aromatic heterocycles. The average molecular weight is 387 g/mol. The molecular formula is C20H21NO7. The van der Waals surface area contributed by atoms with E-state index in [2.05, 4.69) is 5.32 Å². The van der Waals surface area contributed by atoms with Crippen LogP contribution in [0.4, 0.5) is 0 Å². The number of carboxylic acids is 1. The Morgan fingerprint density at radius 2 is 1.61 bits per heavy atom. The van der Waals surface area contributed by atoms with Crippen LogP contribution in [-0.2, 0) is 4.74 Å². The molecule has 1 fully saturated rings. The highest BCUT2D eigenvalue weighted by atomic mass is 16.5. The van der Waals surface area contributed by atoms with Crippen LogP contribution in [0.3, 0.4) is 0 Å². The summed E-state index contributed by atoms with van der Waals surface area (Å²) in [4.78, 5) is 23.9. The van der Waals surface area contributed by atoms with E-state index >= 15 is 0 Å². The molecule has 1 aliphatic rings. The minimum Gasteiger partial charge on any atom is -0.493 e. The average Bonchev–Trinajstić information content (AvgIpc) is 3.22. The van der Waals surface area contributed by atoms with Crippen LogP contribution in [0.25, 0.3) is 0 Å². The minimum atomic E-state index is -0.998. The molecule has 1 aliphatic heterocycles. The lowest BCUT2D eigenvalue weighted by atomic mass is 10.0. The quantitative estimate of drug-likeness (QED) is 0.698. The topological polar surface area (TPSA) is 103 Å². The van der Waals surface area contributed by atoms with E-state index in [4.69, 9.17) is 24.1 Å². The Hall–Kier alpha value is -3.10. The Morgan fingerprint density at radius 3 is 2.11 bits per heavy atom. The lowest BCUT2D eigenvalue weighted by Gasteiger charge is -2.15. The van der Waals surface area contributed by atoms with Crippen LogP contribution < -0.4 is 19.5 Å². The minimum absolute atomic E-state index is 0.177. The SMILES string of the molecule is COc1cc(C(=O)C2COC(c3ccc(C(=O)O)cc3)N2)cc(OC)c1OC. The first-order valence-corrected chi connectivity index (χ1v) is 8.53. The van der Waals surface area contributed by atoms with Gasteiger partial charge in [0.25, 0.3) is 0 Å². The highest BCUT2D eigenvalue weighted by Crippen LogP contribution is 2.38. The molecule has 28 heavy (non-hydrogen) atoms. The molecule has 0 aliphatic carbocycles. The van der Waals surface area contributed by atoms with Gasteiger partial charge < -0.3 is 24.1 Å². The van der Waals surface area contributed by atoms with Gasteiger partial charge in [-0.25, -0.2) is 4.79 Å². The Balaban J connectivity index is 1.78. The molecule has 1 saturated heterocycles. The van der Waals surface area contributed by atoms with Crippen molar-refractivity contribution in [2.75, 3.05) is 27.9 Å². The fraction of sp³-hybridized carbons (Fsp3) is 0.300. The summed E-state index contributed by atoms with van der Waals surface area (Å²) < 4.78 is 21.6. The predicted octanol–water partition coefficient (Wildman–Crippen LogP) is 2.28. The Morgan fingerprint density at radius 1 is 1.00 bits per heavy atom. The van der Waals surface area contributed by atoms with E-state index in [1.165, 1.54) is 33.5 Å². The largest absolute Gasteiger partial charge is 0.493 e. The fourth-order valence-electron chi connectivity index (χ4n) is 3.04. The summed E-state index contributed by atoms with van der Waals surface area (Å²) in [7, 11) is 4.47. The molecule has 1 heterocycles. The zero-order valence-corrected chi connectivity index (χ0v) is 15.7. The van der Waals surface area contributed by atoms with Crippen LogP contribution in [0.1, 0.15) is 32.5 Å². The lowest BCUT2D eigenvalue weighted by molar-refractivity contribution is 0.0695. The molecule has 2 unspecified atom stereocenters. The second-order valence-electron chi connectivity index (χ2n) is 6.14. The third-order valence-electron chi connectivity index (χ3n) is 4.51. The first-order valence-electron chi connectivity index (χ1n) is 8.53. The molecule has 8 nitrogen and oxygen atoms in total. The van der Waals surface area contributed by atoms with Crippen molar-refractivity contribution in [3.05, 3.63) is 53.1 Å². The highest BCUT2D eigenvalue weighted by molar-refractivity contribution is 6.01. The van der Waals surface area contributed by atoms with Crippen molar-refractivity contribution in [1.82, 2.24) is 5.32 Å². The number of aromatic carboxylic acids is 1. The molecule has 148 valence electrons. The van der Waals surface area contributed by atoms with Crippen molar-refractivity contribution in [3.63, 3.8) is 0 Å². The summed E-state index contributed by atoms with van der Waals surface area (Å²) >= 11 is 0. The number of carboxylic acid groups (broad SMARTS) is 1. The maximum Gasteiger partial charge on any atom is 0.335 e. The standard InChI is InChI=1S/C20H21NO7/c1-25-15-8-13(9-16(26-2)18(15)27-3)17(22)14-10-28-19(21-14)11-4-6-12(7-5-11)20(23)24/h4-9,14,19,21H,10H2,1-3H3,(H,23,24). The molecule has 2 aromatic carbocycles. The molecule has 0 saturated carbocycles. The van der Waals surface area contributed by atoms with Crippen LogP contribution in [0.2, 0.25) is 0 Å². The Kier molecular flexibility index (Phi) is 5.81. The van der Waals surface area contributed by atoms with Gasteiger partial charge in [-0.2, -0.15) is 0 Å². The molecule has 0 amide bonds. The van der Waals surface area contributed by atoms with Gasteiger partial charge in [0.05, 0.1) is 39.5 Å². The number of hydrogen-bond donors (Lipinski definition) is 2. The first kappa shape index (κ1) is 19.7. The number of carbonyl (C=O) groups excluding carboxylic acids is 1. The summed E-state index contributed by atoms with van der Waals surface area (Å²) in [6, 6.07) is 8.95. The monoisotopic (exact) mass is 387 g/mol. The van der Waals surface area contributed by atoms with Crippen molar-refractivity contribution >= 4 is 11.8 Å². The first-order chi connectivity index (χ1) is 13.5. The molecule has 0 spiro atoms. The number of Topliss-reactive ketones (excluding diaryl/α,β-unsaturated/α-hetero) is 1. The van der Waals surface area contributed by atoms with E-state index in [-0.39, 0.29) is 18.0 Å². The summed E-state index contributed by atoms with van der Waals surface area (Å²) in [5.41, 5.74) is 1.33. The molecule has 2 N–H and O–H groups in total. The van der Waals surface area contributed by atoms with E-state index in [0.717, 1.165) is 5.56 Å². The summed E-state index contributed by atoms with van der Waals surface area (Å²) in [6.07, 6.45) is -0.501. The third-order valence-corrected chi connectivity index (χ3v) is 4.51. The summed E-state index contributed by atoms with van der Waals surface area (Å²) in [5, 5.41) is 12.1. The molecule has 2 aromatic rings. The second-order valence-corrected chi connectivity index (χ2v) is 6.14. The van der Waals surface area contributed by atoms with E-state index in [1.54, 1.807) is 24.3 Å². The molecule has 3 rings (SSSR count). The zero-order valence-electron chi connectivity index (χ0n) is 15.7. The molecule has 0 radical (unpaired) electrons. The van der Waals surface area contributed by atoms with E-state index in [0.29, 0.717) is 22.8 Å². The van der Waals surface area contributed by atoms with Gasteiger partial charge in [0, 0.05) is 5.56 Å². The van der Waals surface area contributed by atoms with E-state index < -0.39 is 18.2 Å². The van der Waals surface area contributed by atoms with Crippen LogP contribution in [0, 0.1) is 0 Å². The summed E-state index contributed by atoms with van der Waals surface area (Å²) in [5.74, 6) is 0.0228. The van der Waals surface area contributed by atoms with Crippen molar-refractivity contribution in [3.8, 4) is 17.2 Å². The van der Waals surface area contributed by atoms with E-state index in [1.807, 2.05) is 0 Å². The second kappa shape index (κ2) is 8.28. The maximum atomic E-state index is 12.9. The maximum absolute atomic E-state index is 12.9. The van der Waals surface area contributed by atoms with Gasteiger partial charge in [0.2, 0.25) is 5.75 Å². The van der Waals surface area contributed by atoms with E-state index in [9.17, 15) is 9.59 Å². The van der Waals surface area contributed by atoms with Crippen molar-refractivity contribution in [2.24, 2.45) is 0 Å². The number of methoxy groups -OCH3 is 3. The number of nitrogens with one attached hydrogen (secondary N) is 1.